The van der Waals surface area contributed by atoms with Crippen LogP contribution in [-0.2, 0) is 9.59 Å². The van der Waals surface area contributed by atoms with Crippen molar-refractivity contribution < 1.29 is 19.2 Å². The third-order valence-electron chi connectivity index (χ3n) is 13.6. The first-order chi connectivity index (χ1) is 27.6. The highest BCUT2D eigenvalue weighted by molar-refractivity contribution is 6.33. The molecule has 3 aromatic rings. The molecule has 1 unspecified atom stereocenters. The molecule has 4 amide bonds. The Morgan fingerprint density at radius 3 is 1.98 bits per heavy atom. The Labute approximate surface area is 339 Å². The molecule has 3 aromatic carbocycles. The van der Waals surface area contributed by atoms with Crippen LogP contribution in [0, 0.1) is 12.0 Å². The predicted molar refractivity (Wildman–Crippen MR) is 222 cm³/mol. The maximum absolute atomic E-state index is 13.4. The molecule has 5 fully saturated rings. The molecular weight excluding hydrogens is 740 g/mol. The van der Waals surface area contributed by atoms with E-state index in [4.69, 9.17) is 18.2 Å². The van der Waals surface area contributed by atoms with Crippen molar-refractivity contribution in [1.82, 2.24) is 15.1 Å². The summed E-state index contributed by atoms with van der Waals surface area (Å²) < 4.78 is 0. The Hall–Kier alpha value is -5.12. The Balaban J connectivity index is 0.741. The Morgan fingerprint density at radius 1 is 0.719 bits per heavy atom. The summed E-state index contributed by atoms with van der Waals surface area (Å²) in [7, 11) is 0. The van der Waals surface area contributed by atoms with E-state index in [1.165, 1.54) is 30.6 Å². The van der Waals surface area contributed by atoms with Gasteiger partial charge in [-0.05, 0) is 105 Å². The maximum atomic E-state index is 13.4. The van der Waals surface area contributed by atoms with Gasteiger partial charge in [0.2, 0.25) is 17.5 Å². The summed E-state index contributed by atoms with van der Waals surface area (Å²) in [4.78, 5) is 67.6. The van der Waals surface area contributed by atoms with E-state index >= 15 is 0 Å². The zero-order chi connectivity index (χ0) is 39.4. The fourth-order valence-electron chi connectivity index (χ4n) is 10.4. The lowest BCUT2D eigenvalue weighted by Gasteiger charge is -2.44. The maximum Gasteiger partial charge on any atom is 0.262 e. The van der Waals surface area contributed by atoms with Crippen LogP contribution >= 0.6 is 11.6 Å². The average molecular weight is 789 g/mol. The lowest BCUT2D eigenvalue weighted by Crippen LogP contribution is -2.54. The largest absolute Gasteiger partial charge is 0.371 e. The first-order valence-electron chi connectivity index (χ1n) is 20.5. The summed E-state index contributed by atoms with van der Waals surface area (Å²) in [6.45, 7) is 18.6. The Kier molecular flexibility index (Phi) is 9.85. The number of amides is 4. The SMILES string of the molecule is [C-]#[N+]c1ccc(N2CC3(CCN(c4ccc(N5CCN(C6CCN(c7ccc8c(c7)C(=O)N(C7CCC(=O)NC7=O)C8=O)CC6)CC5)cc4)CC3)C[C@@H]2C)cc1Cl. The standard InChI is InChI=1S/C44H49ClN8O4/c1-29-27-44(28-52(29)34-8-10-38(46-2)37(45)26-34)15-19-49(20-16-44)30-3-5-31(6-4-30)50-21-23-51(24-22-50)32-13-17-48(18-14-32)33-7-9-35-36(25-33)43(57)53(42(35)56)39-11-12-40(54)47-41(39)55/h3-10,25-26,29,32,39H,11-24,27-28H2,1H3,(H,47,54,55)/t29-,39?/m0/s1. The van der Waals surface area contributed by atoms with E-state index in [1.807, 2.05) is 24.3 Å². The summed E-state index contributed by atoms with van der Waals surface area (Å²) in [6.07, 6.45) is 5.83. The van der Waals surface area contributed by atoms with Crippen molar-refractivity contribution >= 4 is 63.7 Å². The molecule has 0 saturated carbocycles. The molecule has 13 heteroatoms. The number of benzene rings is 3. The van der Waals surface area contributed by atoms with Gasteiger partial charge in [-0.15, -0.1) is 0 Å². The number of hydrogen-bond acceptors (Lipinski definition) is 9. The van der Waals surface area contributed by atoms with E-state index in [2.05, 4.69) is 65.9 Å². The molecule has 6 aliphatic heterocycles. The van der Waals surface area contributed by atoms with Gasteiger partial charge in [0.15, 0.2) is 0 Å². The normalized spacial score (nSPS) is 24.3. The van der Waals surface area contributed by atoms with E-state index in [0.29, 0.717) is 39.3 Å². The number of carbonyl (C=O) groups is 4. The molecule has 0 radical (unpaired) electrons. The fourth-order valence-corrected chi connectivity index (χ4v) is 10.6. The van der Waals surface area contributed by atoms with Crippen LogP contribution in [0.1, 0.15) is 72.6 Å². The van der Waals surface area contributed by atoms with Gasteiger partial charge in [0.05, 0.1) is 17.7 Å². The topological polar surface area (TPSA) is 104 Å². The second kappa shape index (κ2) is 15.0. The van der Waals surface area contributed by atoms with Gasteiger partial charge in [-0.1, -0.05) is 17.7 Å². The van der Waals surface area contributed by atoms with Crippen molar-refractivity contribution in [3.8, 4) is 0 Å². The molecule has 5 saturated heterocycles. The van der Waals surface area contributed by atoms with Crippen LogP contribution in [0.5, 0.6) is 0 Å². The second-order valence-corrected chi connectivity index (χ2v) is 17.3. The van der Waals surface area contributed by atoms with Gasteiger partial charge >= 0.3 is 0 Å². The van der Waals surface area contributed by atoms with E-state index in [9.17, 15) is 19.2 Å². The number of imide groups is 2. The summed E-state index contributed by atoms with van der Waals surface area (Å²) in [5.74, 6) is -1.91. The van der Waals surface area contributed by atoms with Crippen molar-refractivity contribution in [3.05, 3.63) is 88.2 Å². The number of piperazine rings is 1. The number of anilines is 4. The second-order valence-electron chi connectivity index (χ2n) is 16.9. The lowest BCUT2D eigenvalue weighted by molar-refractivity contribution is -0.136. The van der Waals surface area contributed by atoms with Gasteiger partial charge in [-0.3, -0.25) is 34.3 Å². The minimum Gasteiger partial charge on any atom is -0.371 e. The van der Waals surface area contributed by atoms with E-state index in [-0.39, 0.29) is 18.7 Å². The number of halogens is 1. The van der Waals surface area contributed by atoms with Crippen molar-refractivity contribution in [2.24, 2.45) is 5.41 Å². The van der Waals surface area contributed by atoms with E-state index < -0.39 is 23.8 Å². The van der Waals surface area contributed by atoms with Crippen molar-refractivity contribution in [1.29, 1.82) is 0 Å². The van der Waals surface area contributed by atoms with Crippen LogP contribution in [0.15, 0.2) is 60.7 Å². The summed E-state index contributed by atoms with van der Waals surface area (Å²) in [5.41, 5.74) is 6.09. The quantitative estimate of drug-likeness (QED) is 0.239. The Morgan fingerprint density at radius 2 is 1.33 bits per heavy atom. The predicted octanol–water partition coefficient (Wildman–Crippen LogP) is 5.97. The van der Waals surface area contributed by atoms with Crippen molar-refractivity contribution in [2.45, 2.75) is 70.0 Å². The van der Waals surface area contributed by atoms with Gasteiger partial charge in [0.1, 0.15) is 6.04 Å². The van der Waals surface area contributed by atoms with E-state index in [0.717, 1.165) is 88.0 Å². The minimum absolute atomic E-state index is 0.105. The molecule has 6 aliphatic rings. The third kappa shape index (κ3) is 6.99. The number of rotatable bonds is 6. The smallest absolute Gasteiger partial charge is 0.262 e. The fraction of sp³-hybridized carbons (Fsp3) is 0.477. The van der Waals surface area contributed by atoms with Gasteiger partial charge in [0, 0.05) is 105 Å². The van der Waals surface area contributed by atoms with Gasteiger partial charge in [-0.25, -0.2) is 4.85 Å². The number of carbonyl (C=O) groups excluding carboxylic acids is 4. The molecule has 296 valence electrons. The zero-order valence-electron chi connectivity index (χ0n) is 32.5. The molecule has 6 heterocycles. The van der Waals surface area contributed by atoms with Crippen LogP contribution in [-0.4, -0.2) is 110 Å². The van der Waals surface area contributed by atoms with Crippen LogP contribution in [0.2, 0.25) is 5.02 Å². The molecule has 0 aliphatic carbocycles. The highest BCUT2D eigenvalue weighted by atomic mass is 35.5. The van der Waals surface area contributed by atoms with Gasteiger partial charge in [-0.2, -0.15) is 0 Å². The minimum atomic E-state index is -0.957. The average Bonchev–Trinajstić information content (AvgIpc) is 3.68. The third-order valence-corrected chi connectivity index (χ3v) is 13.9. The van der Waals surface area contributed by atoms with Crippen LogP contribution < -0.4 is 24.9 Å². The van der Waals surface area contributed by atoms with Crippen LogP contribution in [0.25, 0.3) is 4.85 Å². The lowest BCUT2D eigenvalue weighted by atomic mass is 9.76. The van der Waals surface area contributed by atoms with Crippen molar-refractivity contribution in [2.75, 3.05) is 78.5 Å². The van der Waals surface area contributed by atoms with Crippen LogP contribution in [0.3, 0.4) is 0 Å². The summed E-state index contributed by atoms with van der Waals surface area (Å²) >= 11 is 6.40. The molecule has 9 rings (SSSR count). The van der Waals surface area contributed by atoms with E-state index in [1.54, 1.807) is 12.1 Å². The number of hydrogen-bond donors (Lipinski definition) is 1. The molecule has 12 nitrogen and oxygen atoms in total. The number of nitrogens with one attached hydrogen (secondary N) is 1. The molecule has 1 N–H and O–H groups in total. The Bertz CT molecular complexity index is 2130. The van der Waals surface area contributed by atoms with Crippen LogP contribution in [0.4, 0.5) is 28.4 Å². The van der Waals surface area contributed by atoms with Gasteiger partial charge < -0.3 is 19.6 Å². The molecule has 57 heavy (non-hydrogen) atoms. The molecule has 2 atom stereocenters. The molecule has 0 aromatic heterocycles. The molecule has 1 spiro atoms. The summed E-state index contributed by atoms with van der Waals surface area (Å²) in [5, 5.41) is 2.79. The highest BCUT2D eigenvalue weighted by Gasteiger charge is 2.46. The van der Waals surface area contributed by atoms with Gasteiger partial charge in [0.25, 0.3) is 11.8 Å². The first kappa shape index (κ1) is 37.5. The molecular formula is C44H49ClN8O4. The first-order valence-corrected chi connectivity index (χ1v) is 20.9. The number of fused-ring (bicyclic) bond motifs is 1. The molecule has 0 bridgehead atoms. The number of piperidine rings is 3. The highest BCUT2D eigenvalue weighted by Crippen LogP contribution is 2.46. The van der Waals surface area contributed by atoms with Crippen molar-refractivity contribution in [3.63, 3.8) is 0 Å². The summed E-state index contributed by atoms with van der Waals surface area (Å²) in [6, 6.07) is 20.5. The number of nitrogens with zero attached hydrogens (tertiary/aromatic N) is 7. The zero-order valence-corrected chi connectivity index (χ0v) is 33.2. The monoisotopic (exact) mass is 788 g/mol.